The lowest BCUT2D eigenvalue weighted by atomic mass is 10.3. The van der Waals surface area contributed by atoms with Crippen LogP contribution in [0.4, 0.5) is 0 Å². The van der Waals surface area contributed by atoms with Gasteiger partial charge in [0.05, 0.1) is 0 Å². The van der Waals surface area contributed by atoms with Crippen LogP contribution in [0.3, 0.4) is 0 Å². The van der Waals surface area contributed by atoms with Gasteiger partial charge < -0.3 is 13.3 Å². The van der Waals surface area contributed by atoms with Gasteiger partial charge >= 0.3 is 8.80 Å². The minimum absolute atomic E-state index is 0.651. The fourth-order valence-corrected chi connectivity index (χ4v) is 4.44. The van der Waals surface area contributed by atoms with E-state index in [4.69, 9.17) is 13.3 Å². The zero-order valence-electron chi connectivity index (χ0n) is 12.6. The molecule has 0 atom stereocenters. The molecule has 108 valence electrons. The van der Waals surface area contributed by atoms with E-state index >= 15 is 0 Å². The fourth-order valence-electron chi connectivity index (χ4n) is 1.76. The Hall–Kier alpha value is -0.233. The zero-order chi connectivity index (χ0) is 13.9. The van der Waals surface area contributed by atoms with E-state index in [0.717, 1.165) is 31.1 Å². The average molecular weight is 275 g/mol. The summed E-state index contributed by atoms with van der Waals surface area (Å²) in [5.41, 5.74) is 1.14. The number of unbranched alkanes of at least 4 members (excludes halogenated alkanes) is 1. The predicted molar refractivity (Wildman–Crippen MR) is 78.3 cm³/mol. The van der Waals surface area contributed by atoms with E-state index in [0.29, 0.717) is 19.8 Å². The third kappa shape index (κ3) is 7.97. The summed E-state index contributed by atoms with van der Waals surface area (Å²) in [5, 5.41) is 0. The van der Waals surface area contributed by atoms with Gasteiger partial charge in [0, 0.05) is 38.1 Å². The van der Waals surface area contributed by atoms with Crippen LogP contribution in [-0.2, 0) is 13.3 Å². The van der Waals surface area contributed by atoms with Crippen molar-refractivity contribution in [2.45, 2.75) is 53.5 Å². The van der Waals surface area contributed by atoms with Gasteiger partial charge in [-0.2, -0.15) is 0 Å². The molecule has 0 saturated carbocycles. The molecule has 0 aliphatic rings. The predicted octanol–water partition coefficient (Wildman–Crippen LogP) is 3.30. The monoisotopic (exact) mass is 275 g/mol. The molecule has 0 aromatic carbocycles. The van der Waals surface area contributed by atoms with E-state index in [1.807, 2.05) is 34.6 Å². The highest BCUT2D eigenvalue weighted by Crippen LogP contribution is 2.19. The Kier molecular flexibility index (Phi) is 10.5. The normalized spacial score (nSPS) is 11.6. The van der Waals surface area contributed by atoms with Crippen LogP contribution >= 0.6 is 0 Å². The molecule has 0 unspecified atom stereocenters. The van der Waals surface area contributed by atoms with Gasteiger partial charge in [0.1, 0.15) is 0 Å². The molecule has 0 amide bonds. The van der Waals surface area contributed by atoms with Gasteiger partial charge in [0.25, 0.3) is 0 Å². The summed E-state index contributed by atoms with van der Waals surface area (Å²) >= 11 is 0. The highest BCUT2D eigenvalue weighted by Gasteiger charge is 2.39. The van der Waals surface area contributed by atoms with Crippen LogP contribution < -0.4 is 0 Å². The lowest BCUT2D eigenvalue weighted by Gasteiger charge is -2.28. The Morgan fingerprint density at radius 1 is 0.889 bits per heavy atom. The molecular formula is C13H29NO3Si. The first-order chi connectivity index (χ1) is 8.60. The molecule has 0 rings (SSSR count). The first-order valence-corrected chi connectivity index (χ1v) is 8.92. The Bertz CT molecular complexity index is 213. The zero-order valence-corrected chi connectivity index (χ0v) is 13.6. The van der Waals surface area contributed by atoms with E-state index in [9.17, 15) is 0 Å². The van der Waals surface area contributed by atoms with Crippen molar-refractivity contribution in [3.05, 3.63) is 0 Å². The van der Waals surface area contributed by atoms with Crippen molar-refractivity contribution in [3.63, 3.8) is 0 Å². The van der Waals surface area contributed by atoms with Gasteiger partial charge in [-0.25, -0.2) is 0 Å². The molecule has 0 spiro atoms. The van der Waals surface area contributed by atoms with Crippen LogP contribution in [0.15, 0.2) is 4.99 Å². The van der Waals surface area contributed by atoms with Crippen LogP contribution in [0.5, 0.6) is 0 Å². The van der Waals surface area contributed by atoms with Gasteiger partial charge in [0.2, 0.25) is 0 Å². The smallest absolute Gasteiger partial charge is 0.374 e. The van der Waals surface area contributed by atoms with Crippen LogP contribution in [0.25, 0.3) is 0 Å². The number of hydrogen-bond acceptors (Lipinski definition) is 4. The van der Waals surface area contributed by atoms with Crippen molar-refractivity contribution in [3.8, 4) is 0 Å². The largest absolute Gasteiger partial charge is 0.500 e. The molecule has 0 bridgehead atoms. The van der Waals surface area contributed by atoms with Gasteiger partial charge in [-0.1, -0.05) is 0 Å². The molecule has 0 heterocycles. The molecule has 18 heavy (non-hydrogen) atoms. The standard InChI is InChI=1S/C13H29NO3Si/c1-6-15-18(16-7-2,17-8-3)12-10-9-11-14-13(4)5/h6-12H2,1-5H3. The maximum absolute atomic E-state index is 5.80. The maximum Gasteiger partial charge on any atom is 0.500 e. The molecule has 0 radical (unpaired) electrons. The van der Waals surface area contributed by atoms with E-state index in [1.54, 1.807) is 0 Å². The number of aliphatic imine (C=N–C) groups is 1. The molecule has 4 nitrogen and oxygen atoms in total. The second-order valence-electron chi connectivity index (χ2n) is 4.27. The molecule has 0 aromatic rings. The quantitative estimate of drug-likeness (QED) is 0.330. The maximum atomic E-state index is 5.80. The summed E-state index contributed by atoms with van der Waals surface area (Å²) in [6, 6.07) is 0.890. The first-order valence-electron chi connectivity index (χ1n) is 6.99. The van der Waals surface area contributed by atoms with Crippen LogP contribution in [0.2, 0.25) is 6.04 Å². The SMILES string of the molecule is CCO[Si](CCCCN=C(C)C)(OCC)OCC. The molecule has 0 aliphatic heterocycles. The Morgan fingerprint density at radius 3 is 1.78 bits per heavy atom. The van der Waals surface area contributed by atoms with E-state index in [2.05, 4.69) is 4.99 Å². The Labute approximate surface area is 113 Å². The number of rotatable bonds is 11. The van der Waals surface area contributed by atoms with Crippen molar-refractivity contribution >= 4 is 14.5 Å². The van der Waals surface area contributed by atoms with Crippen molar-refractivity contribution in [1.82, 2.24) is 0 Å². The van der Waals surface area contributed by atoms with Crippen molar-refractivity contribution in [2.24, 2.45) is 4.99 Å². The first kappa shape index (κ1) is 17.8. The number of nitrogens with zero attached hydrogens (tertiary/aromatic N) is 1. The minimum Gasteiger partial charge on any atom is -0.374 e. The molecule has 0 aromatic heterocycles. The van der Waals surface area contributed by atoms with E-state index in [1.165, 1.54) is 0 Å². The second kappa shape index (κ2) is 10.7. The van der Waals surface area contributed by atoms with Crippen LogP contribution in [-0.4, -0.2) is 40.9 Å². The third-order valence-electron chi connectivity index (χ3n) is 2.41. The molecule has 0 fully saturated rings. The molecule has 0 saturated heterocycles. The summed E-state index contributed by atoms with van der Waals surface area (Å²) in [7, 11) is -2.42. The fraction of sp³-hybridized carbons (Fsp3) is 0.923. The topological polar surface area (TPSA) is 40.0 Å². The Morgan fingerprint density at radius 2 is 1.39 bits per heavy atom. The summed E-state index contributed by atoms with van der Waals surface area (Å²) in [6.45, 7) is 12.9. The van der Waals surface area contributed by atoms with Crippen LogP contribution in [0.1, 0.15) is 47.5 Å². The van der Waals surface area contributed by atoms with Gasteiger partial charge in [-0.15, -0.1) is 0 Å². The van der Waals surface area contributed by atoms with Crippen molar-refractivity contribution < 1.29 is 13.3 Å². The van der Waals surface area contributed by atoms with Crippen molar-refractivity contribution in [2.75, 3.05) is 26.4 Å². The minimum atomic E-state index is -2.42. The number of hydrogen-bond donors (Lipinski definition) is 0. The average Bonchev–Trinajstić information content (AvgIpc) is 2.29. The van der Waals surface area contributed by atoms with E-state index < -0.39 is 8.80 Å². The second-order valence-corrected chi connectivity index (χ2v) is 7.00. The Balaban J connectivity index is 4.16. The van der Waals surface area contributed by atoms with Crippen molar-refractivity contribution in [1.29, 1.82) is 0 Å². The van der Waals surface area contributed by atoms with Gasteiger partial charge in [-0.3, -0.25) is 4.99 Å². The molecule has 5 heteroatoms. The van der Waals surface area contributed by atoms with Gasteiger partial charge in [-0.05, 0) is 47.5 Å². The molecular weight excluding hydrogens is 246 g/mol. The molecule has 0 N–H and O–H groups in total. The summed E-state index contributed by atoms with van der Waals surface area (Å²) in [4.78, 5) is 4.39. The lowest BCUT2D eigenvalue weighted by molar-refractivity contribution is 0.0707. The summed E-state index contributed by atoms with van der Waals surface area (Å²) in [5.74, 6) is 0. The summed E-state index contributed by atoms with van der Waals surface area (Å²) < 4.78 is 17.4. The van der Waals surface area contributed by atoms with Gasteiger partial charge in [0.15, 0.2) is 0 Å². The third-order valence-corrected chi connectivity index (χ3v) is 5.56. The van der Waals surface area contributed by atoms with E-state index in [-0.39, 0.29) is 0 Å². The highest BCUT2D eigenvalue weighted by molar-refractivity contribution is 6.60. The lowest BCUT2D eigenvalue weighted by Crippen LogP contribution is -2.45. The molecule has 0 aliphatic carbocycles. The highest BCUT2D eigenvalue weighted by atomic mass is 28.4. The van der Waals surface area contributed by atoms with Crippen LogP contribution in [0, 0.1) is 0 Å². The summed E-state index contributed by atoms with van der Waals surface area (Å²) in [6.07, 6.45) is 2.11.